The Hall–Kier alpha value is -1.62. The first-order chi connectivity index (χ1) is 7.59. The third-order valence-electron chi connectivity index (χ3n) is 2.16. The van der Waals surface area contributed by atoms with Gasteiger partial charge in [0.05, 0.1) is 11.4 Å². The number of carbonyl (C=O) groups excluding carboxylic acids is 1. The highest BCUT2D eigenvalue weighted by Crippen LogP contribution is 2.21. The number of benzene rings is 1. The molecule has 1 aromatic carbocycles. The molecule has 0 fully saturated rings. The lowest BCUT2D eigenvalue weighted by Gasteiger charge is -2.06. The first kappa shape index (κ1) is 10.9. The second-order valence-corrected chi connectivity index (χ2v) is 4.25. The van der Waals surface area contributed by atoms with Crippen molar-refractivity contribution in [3.63, 3.8) is 0 Å². The monoisotopic (exact) mass is 279 g/mol. The van der Waals surface area contributed by atoms with Crippen molar-refractivity contribution in [3.8, 4) is 5.69 Å². The molecule has 0 saturated heterocycles. The number of nitrogens with zero attached hydrogens (tertiary/aromatic N) is 2. The minimum Gasteiger partial charge on any atom is -0.364 e. The van der Waals surface area contributed by atoms with Crippen molar-refractivity contribution in [2.24, 2.45) is 5.73 Å². The van der Waals surface area contributed by atoms with Crippen LogP contribution < -0.4 is 5.73 Å². The van der Waals surface area contributed by atoms with Crippen LogP contribution in [0.15, 0.2) is 34.8 Å². The molecule has 2 N–H and O–H groups in total. The number of carbonyl (C=O) groups is 1. The third-order valence-corrected chi connectivity index (χ3v) is 2.84. The molecule has 1 heterocycles. The number of hydrogen-bond donors (Lipinski definition) is 1. The highest BCUT2D eigenvalue weighted by atomic mass is 79.9. The standard InChI is InChI=1S/C11H10BrN3O/c1-7-6-10(11(13)16)15(14-7)9-5-3-2-4-8(9)12/h2-6H,1H3,(H2,13,16). The minimum atomic E-state index is -0.489. The molecule has 1 amide bonds. The lowest BCUT2D eigenvalue weighted by Crippen LogP contribution is -2.16. The Morgan fingerprint density at radius 3 is 2.75 bits per heavy atom. The molecule has 82 valence electrons. The van der Waals surface area contributed by atoms with Gasteiger partial charge >= 0.3 is 0 Å². The fourth-order valence-electron chi connectivity index (χ4n) is 1.48. The van der Waals surface area contributed by atoms with Crippen LogP contribution in [0.3, 0.4) is 0 Å². The number of halogens is 1. The number of amides is 1. The van der Waals surface area contributed by atoms with Gasteiger partial charge in [0.2, 0.25) is 0 Å². The normalized spacial score (nSPS) is 10.4. The summed E-state index contributed by atoms with van der Waals surface area (Å²) >= 11 is 3.41. The molecule has 0 bridgehead atoms. The minimum absolute atomic E-state index is 0.379. The van der Waals surface area contributed by atoms with Gasteiger partial charge in [-0.05, 0) is 41.1 Å². The maximum Gasteiger partial charge on any atom is 0.267 e. The van der Waals surface area contributed by atoms with Gasteiger partial charge < -0.3 is 5.73 Å². The van der Waals surface area contributed by atoms with E-state index < -0.39 is 5.91 Å². The first-order valence-electron chi connectivity index (χ1n) is 4.71. The van der Waals surface area contributed by atoms with E-state index in [-0.39, 0.29) is 0 Å². The predicted molar refractivity (Wildman–Crippen MR) is 64.5 cm³/mol. The maximum absolute atomic E-state index is 11.3. The van der Waals surface area contributed by atoms with Crippen LogP contribution in [0.2, 0.25) is 0 Å². The fourth-order valence-corrected chi connectivity index (χ4v) is 1.93. The molecule has 0 unspecified atom stereocenters. The SMILES string of the molecule is Cc1cc(C(N)=O)n(-c2ccccc2Br)n1. The number of primary amides is 1. The second kappa shape index (κ2) is 4.09. The van der Waals surface area contributed by atoms with Crippen molar-refractivity contribution in [1.29, 1.82) is 0 Å². The average Bonchev–Trinajstić information content (AvgIpc) is 2.61. The molecule has 0 aliphatic carbocycles. The van der Waals surface area contributed by atoms with Gasteiger partial charge in [0.15, 0.2) is 0 Å². The quantitative estimate of drug-likeness (QED) is 0.915. The Kier molecular flexibility index (Phi) is 2.78. The zero-order valence-corrected chi connectivity index (χ0v) is 10.2. The molecule has 5 heteroatoms. The third kappa shape index (κ3) is 1.86. The molecule has 0 aliphatic rings. The van der Waals surface area contributed by atoms with E-state index in [0.29, 0.717) is 5.69 Å². The summed E-state index contributed by atoms with van der Waals surface area (Å²) in [6.07, 6.45) is 0. The summed E-state index contributed by atoms with van der Waals surface area (Å²) < 4.78 is 2.41. The van der Waals surface area contributed by atoms with Crippen LogP contribution in [0.4, 0.5) is 0 Å². The molecule has 0 saturated carbocycles. The first-order valence-corrected chi connectivity index (χ1v) is 5.50. The Morgan fingerprint density at radius 2 is 2.12 bits per heavy atom. The Labute approximate surface area is 101 Å². The van der Waals surface area contributed by atoms with Crippen LogP contribution >= 0.6 is 15.9 Å². The topological polar surface area (TPSA) is 60.9 Å². The molecule has 1 aromatic heterocycles. The van der Waals surface area contributed by atoms with Crippen molar-refractivity contribution in [2.75, 3.05) is 0 Å². The number of nitrogens with two attached hydrogens (primary N) is 1. The highest BCUT2D eigenvalue weighted by molar-refractivity contribution is 9.10. The van der Waals surface area contributed by atoms with Crippen molar-refractivity contribution in [3.05, 3.63) is 46.2 Å². The number of rotatable bonds is 2. The largest absolute Gasteiger partial charge is 0.364 e. The van der Waals surface area contributed by atoms with Crippen LogP contribution in [-0.4, -0.2) is 15.7 Å². The van der Waals surface area contributed by atoms with E-state index in [2.05, 4.69) is 21.0 Å². The zero-order valence-electron chi connectivity index (χ0n) is 8.64. The highest BCUT2D eigenvalue weighted by Gasteiger charge is 2.13. The summed E-state index contributed by atoms with van der Waals surface area (Å²) in [7, 11) is 0. The molecule has 2 aromatic rings. The fraction of sp³-hybridized carbons (Fsp3) is 0.0909. The molecular weight excluding hydrogens is 270 g/mol. The molecule has 2 rings (SSSR count). The van der Waals surface area contributed by atoms with E-state index in [9.17, 15) is 4.79 Å². The number of para-hydroxylation sites is 1. The Bertz CT molecular complexity index is 548. The van der Waals surface area contributed by atoms with Crippen LogP contribution in [0.1, 0.15) is 16.2 Å². The van der Waals surface area contributed by atoms with Gasteiger partial charge in [0.1, 0.15) is 5.69 Å². The van der Waals surface area contributed by atoms with E-state index in [1.165, 1.54) is 0 Å². The van der Waals surface area contributed by atoms with E-state index in [0.717, 1.165) is 15.9 Å². The molecule has 0 aliphatic heterocycles. The van der Waals surface area contributed by atoms with Crippen LogP contribution in [0, 0.1) is 6.92 Å². The van der Waals surface area contributed by atoms with Gasteiger partial charge in [0, 0.05) is 4.47 Å². The lowest BCUT2D eigenvalue weighted by atomic mass is 10.3. The van der Waals surface area contributed by atoms with E-state index in [1.807, 2.05) is 31.2 Å². The smallest absolute Gasteiger partial charge is 0.267 e. The average molecular weight is 280 g/mol. The summed E-state index contributed by atoms with van der Waals surface area (Å²) in [4.78, 5) is 11.3. The van der Waals surface area contributed by atoms with Crippen LogP contribution in [0.25, 0.3) is 5.69 Å². The van der Waals surface area contributed by atoms with Crippen molar-refractivity contribution >= 4 is 21.8 Å². The van der Waals surface area contributed by atoms with Crippen LogP contribution in [-0.2, 0) is 0 Å². The number of aryl methyl sites for hydroxylation is 1. The summed E-state index contributed by atoms with van der Waals surface area (Å²) in [5.41, 5.74) is 7.23. The summed E-state index contributed by atoms with van der Waals surface area (Å²) in [6.45, 7) is 1.82. The second-order valence-electron chi connectivity index (χ2n) is 3.40. The summed E-state index contributed by atoms with van der Waals surface area (Å²) in [5.74, 6) is -0.489. The van der Waals surface area contributed by atoms with Crippen molar-refractivity contribution in [2.45, 2.75) is 6.92 Å². The number of aromatic nitrogens is 2. The van der Waals surface area contributed by atoms with Gasteiger partial charge in [-0.25, -0.2) is 4.68 Å². The predicted octanol–water partition coefficient (Wildman–Crippen LogP) is 2.04. The Morgan fingerprint density at radius 1 is 1.44 bits per heavy atom. The molecule has 0 radical (unpaired) electrons. The van der Waals surface area contributed by atoms with E-state index in [1.54, 1.807) is 10.7 Å². The molecule has 4 nitrogen and oxygen atoms in total. The summed E-state index contributed by atoms with van der Waals surface area (Å²) in [6, 6.07) is 9.19. The van der Waals surface area contributed by atoms with E-state index >= 15 is 0 Å². The van der Waals surface area contributed by atoms with Crippen molar-refractivity contribution < 1.29 is 4.79 Å². The zero-order chi connectivity index (χ0) is 11.7. The lowest BCUT2D eigenvalue weighted by molar-refractivity contribution is 0.0993. The van der Waals surface area contributed by atoms with E-state index in [4.69, 9.17) is 5.73 Å². The van der Waals surface area contributed by atoms with Gasteiger partial charge in [-0.1, -0.05) is 12.1 Å². The molecule has 0 atom stereocenters. The van der Waals surface area contributed by atoms with Crippen LogP contribution in [0.5, 0.6) is 0 Å². The van der Waals surface area contributed by atoms with Gasteiger partial charge in [-0.15, -0.1) is 0 Å². The maximum atomic E-state index is 11.3. The molecule has 0 spiro atoms. The van der Waals surface area contributed by atoms with Gasteiger partial charge in [0.25, 0.3) is 5.91 Å². The Balaban J connectivity index is 2.64. The number of hydrogen-bond acceptors (Lipinski definition) is 2. The van der Waals surface area contributed by atoms with Gasteiger partial charge in [-0.2, -0.15) is 5.10 Å². The molecule has 16 heavy (non-hydrogen) atoms. The molecular formula is C11H10BrN3O. The summed E-state index contributed by atoms with van der Waals surface area (Å²) in [5, 5.41) is 4.25. The van der Waals surface area contributed by atoms with Crippen molar-refractivity contribution in [1.82, 2.24) is 9.78 Å². The van der Waals surface area contributed by atoms with Gasteiger partial charge in [-0.3, -0.25) is 4.79 Å².